The van der Waals surface area contributed by atoms with Crippen molar-refractivity contribution in [2.45, 2.75) is 28.3 Å². The number of hydrogen-bond acceptors (Lipinski definition) is 8. The number of ketones is 1. The molecule has 3 N–H and O–H groups in total. The highest BCUT2D eigenvalue weighted by molar-refractivity contribution is 8.00. The smallest absolute Gasteiger partial charge is 0.153 e. The van der Waals surface area contributed by atoms with E-state index in [1.54, 1.807) is 10.7 Å². The Bertz CT molecular complexity index is 1310. The van der Waals surface area contributed by atoms with E-state index in [1.807, 2.05) is 72.5 Å². The minimum atomic E-state index is -1.10. The van der Waals surface area contributed by atoms with Crippen molar-refractivity contribution in [3.63, 3.8) is 0 Å². The normalized spacial score (nSPS) is 22.6. The molecule has 1 aromatic carbocycles. The van der Waals surface area contributed by atoms with Gasteiger partial charge in [-0.15, -0.1) is 11.8 Å². The molecule has 0 radical (unpaired) electrons. The molecule has 10 heteroatoms. The van der Waals surface area contributed by atoms with Crippen LogP contribution >= 0.6 is 34.7 Å². The third kappa shape index (κ3) is 4.49. The lowest BCUT2D eigenvalue weighted by atomic mass is 9.79. The molecule has 1 aliphatic rings. The molecule has 0 amide bonds. The Morgan fingerprint density at radius 2 is 2.06 bits per heavy atom. The average Bonchev–Trinajstić information content (AvgIpc) is 3.50. The molecule has 3 unspecified atom stereocenters. The monoisotopic (exact) mass is 511 g/mol. The molecule has 1 fully saturated rings. The first-order valence-corrected chi connectivity index (χ1v) is 12.8. The lowest BCUT2D eigenvalue weighted by Gasteiger charge is -2.42. The second-order valence-corrected chi connectivity index (χ2v) is 10.4. The molecule has 0 spiro atoms. The number of rotatable bonds is 6. The first kappa shape index (κ1) is 23.1. The minimum absolute atomic E-state index is 0.0766. The third-order valence-corrected chi connectivity index (χ3v) is 8.21. The molecule has 34 heavy (non-hydrogen) atoms. The summed E-state index contributed by atoms with van der Waals surface area (Å²) in [4.78, 5) is 19.0. The van der Waals surface area contributed by atoms with Gasteiger partial charge in [-0.25, -0.2) is 4.98 Å². The average molecular weight is 512 g/mol. The van der Waals surface area contributed by atoms with Crippen LogP contribution in [0.25, 0.3) is 0 Å². The summed E-state index contributed by atoms with van der Waals surface area (Å²) in [5, 5.41) is 25.8. The second kappa shape index (κ2) is 9.52. The van der Waals surface area contributed by atoms with Crippen LogP contribution in [0, 0.1) is 0 Å². The lowest BCUT2D eigenvalue weighted by molar-refractivity contribution is -0.125. The number of pyridine rings is 1. The standard InChI is InChI=1S/C24H22ClN5O2S2/c1-30-11-9-21(29-30)27-20-8-4-7-19(26-20)24(15-10-12-33-14-15)13-17(31)22(23(32)28-24)34-18-6-3-2-5-16(18)25/h2-12,14,22-23,28,32H,13H2,1H3,(H,26,27,29). The highest BCUT2D eigenvalue weighted by Crippen LogP contribution is 2.42. The fourth-order valence-electron chi connectivity index (χ4n) is 4.08. The van der Waals surface area contributed by atoms with Gasteiger partial charge in [0, 0.05) is 30.6 Å². The van der Waals surface area contributed by atoms with Crippen LogP contribution < -0.4 is 10.6 Å². The highest BCUT2D eigenvalue weighted by Gasteiger charge is 2.48. The Kier molecular flexibility index (Phi) is 6.46. The SMILES string of the molecule is Cn1ccc(Nc2cccc(C3(c4ccsc4)CC(=O)C(Sc4ccccc4Cl)C(O)N3)n2)n1. The molecule has 0 aliphatic carbocycles. The van der Waals surface area contributed by atoms with Crippen LogP contribution in [-0.4, -0.2) is 37.1 Å². The first-order valence-electron chi connectivity index (χ1n) is 10.6. The summed E-state index contributed by atoms with van der Waals surface area (Å²) in [5.74, 6) is 1.19. The van der Waals surface area contributed by atoms with E-state index >= 15 is 0 Å². The number of anilines is 2. The molecule has 1 aliphatic heterocycles. The number of nitrogens with one attached hydrogen (secondary N) is 2. The molecular weight excluding hydrogens is 490 g/mol. The molecule has 0 bridgehead atoms. The van der Waals surface area contributed by atoms with Gasteiger partial charge in [-0.1, -0.05) is 29.8 Å². The van der Waals surface area contributed by atoms with Crippen molar-refractivity contribution in [3.05, 3.63) is 87.8 Å². The van der Waals surface area contributed by atoms with E-state index in [2.05, 4.69) is 15.7 Å². The number of thioether (sulfide) groups is 1. The van der Waals surface area contributed by atoms with Gasteiger partial charge in [-0.05, 0) is 46.7 Å². The van der Waals surface area contributed by atoms with Crippen molar-refractivity contribution in [1.82, 2.24) is 20.1 Å². The number of piperidine rings is 1. The number of hydrogen-bond donors (Lipinski definition) is 3. The Labute approximate surface area is 210 Å². The van der Waals surface area contributed by atoms with Crippen molar-refractivity contribution >= 4 is 52.1 Å². The number of nitrogens with zero attached hydrogens (tertiary/aromatic N) is 3. The van der Waals surface area contributed by atoms with Gasteiger partial charge < -0.3 is 10.4 Å². The quantitative estimate of drug-likeness (QED) is 0.349. The van der Waals surface area contributed by atoms with E-state index in [-0.39, 0.29) is 12.2 Å². The van der Waals surface area contributed by atoms with E-state index in [0.717, 1.165) is 10.5 Å². The molecule has 7 nitrogen and oxygen atoms in total. The largest absolute Gasteiger partial charge is 0.377 e. The predicted molar refractivity (Wildman–Crippen MR) is 136 cm³/mol. The Hall–Kier alpha value is -2.69. The van der Waals surface area contributed by atoms with Crippen LogP contribution in [0.3, 0.4) is 0 Å². The zero-order valence-corrected chi connectivity index (χ0v) is 20.6. The number of aliphatic hydroxyl groups excluding tert-OH is 1. The van der Waals surface area contributed by atoms with Gasteiger partial charge >= 0.3 is 0 Å². The van der Waals surface area contributed by atoms with Gasteiger partial charge in [0.25, 0.3) is 0 Å². The highest BCUT2D eigenvalue weighted by atomic mass is 35.5. The van der Waals surface area contributed by atoms with Crippen molar-refractivity contribution in [3.8, 4) is 0 Å². The van der Waals surface area contributed by atoms with Crippen LogP contribution in [0.15, 0.2) is 76.4 Å². The van der Waals surface area contributed by atoms with Crippen molar-refractivity contribution in [2.75, 3.05) is 5.32 Å². The summed E-state index contributed by atoms with van der Waals surface area (Å²) in [7, 11) is 1.84. The summed E-state index contributed by atoms with van der Waals surface area (Å²) in [6.07, 6.45) is 0.882. The summed E-state index contributed by atoms with van der Waals surface area (Å²) >= 11 is 9.11. The van der Waals surface area contributed by atoms with E-state index in [9.17, 15) is 9.90 Å². The van der Waals surface area contributed by atoms with Gasteiger partial charge in [0.1, 0.15) is 17.3 Å². The molecule has 174 valence electrons. The van der Waals surface area contributed by atoms with Crippen LogP contribution in [0.1, 0.15) is 17.7 Å². The van der Waals surface area contributed by atoms with Gasteiger partial charge in [-0.3, -0.25) is 14.8 Å². The van der Waals surface area contributed by atoms with Gasteiger partial charge in [-0.2, -0.15) is 16.4 Å². The molecule has 4 aromatic rings. The van der Waals surface area contributed by atoms with Crippen LogP contribution in [-0.2, 0) is 17.4 Å². The second-order valence-electron chi connectivity index (χ2n) is 8.03. The maximum atomic E-state index is 13.5. The third-order valence-electron chi connectivity index (χ3n) is 5.70. The fourth-order valence-corrected chi connectivity index (χ4v) is 6.11. The Balaban J connectivity index is 1.48. The van der Waals surface area contributed by atoms with Crippen LogP contribution in [0.2, 0.25) is 5.02 Å². The number of carbonyl (C=O) groups is 1. The maximum Gasteiger partial charge on any atom is 0.153 e. The topological polar surface area (TPSA) is 92.1 Å². The molecule has 4 heterocycles. The number of benzene rings is 1. The molecule has 5 rings (SSSR count). The minimum Gasteiger partial charge on any atom is -0.377 e. The first-order chi connectivity index (χ1) is 16.4. The number of halogens is 1. The fraction of sp³-hybridized carbons (Fsp3) is 0.208. The number of Topliss-reactive ketones (excluding diaryl/α,β-unsaturated/α-hetero) is 1. The summed E-state index contributed by atoms with van der Waals surface area (Å²) in [6, 6.07) is 16.7. The Morgan fingerprint density at radius 1 is 1.21 bits per heavy atom. The van der Waals surface area contributed by atoms with Crippen LogP contribution in [0.5, 0.6) is 0 Å². The number of aliphatic hydroxyl groups is 1. The van der Waals surface area contributed by atoms with Crippen molar-refractivity contribution in [2.24, 2.45) is 7.05 Å². The summed E-state index contributed by atoms with van der Waals surface area (Å²) in [5.41, 5.74) is 0.560. The zero-order chi connectivity index (χ0) is 23.7. The maximum absolute atomic E-state index is 13.5. The molecule has 3 atom stereocenters. The number of thiophene rings is 1. The molecule has 0 saturated carbocycles. The molecule has 3 aromatic heterocycles. The lowest BCUT2D eigenvalue weighted by Crippen LogP contribution is -2.60. The Morgan fingerprint density at radius 3 is 2.76 bits per heavy atom. The predicted octanol–water partition coefficient (Wildman–Crippen LogP) is 4.56. The molecule has 1 saturated heterocycles. The summed E-state index contributed by atoms with van der Waals surface area (Å²) < 4.78 is 1.70. The van der Waals surface area contributed by atoms with Crippen molar-refractivity contribution in [1.29, 1.82) is 0 Å². The van der Waals surface area contributed by atoms with Gasteiger partial charge in [0.05, 0.1) is 16.3 Å². The van der Waals surface area contributed by atoms with E-state index in [4.69, 9.17) is 16.6 Å². The summed E-state index contributed by atoms with van der Waals surface area (Å²) in [6.45, 7) is 0. The van der Waals surface area contributed by atoms with Gasteiger partial charge in [0.2, 0.25) is 0 Å². The zero-order valence-electron chi connectivity index (χ0n) is 18.2. The van der Waals surface area contributed by atoms with E-state index in [1.165, 1.54) is 23.1 Å². The molecular formula is C24H22ClN5O2S2. The van der Waals surface area contributed by atoms with Crippen molar-refractivity contribution < 1.29 is 9.90 Å². The number of aromatic nitrogens is 3. The number of carbonyl (C=O) groups excluding carboxylic acids is 1. The van der Waals surface area contributed by atoms with Gasteiger partial charge in [0.15, 0.2) is 11.6 Å². The number of aryl methyl sites for hydroxylation is 1. The van der Waals surface area contributed by atoms with E-state index in [0.29, 0.717) is 22.4 Å². The van der Waals surface area contributed by atoms with Crippen LogP contribution in [0.4, 0.5) is 11.6 Å². The van der Waals surface area contributed by atoms with E-state index < -0.39 is 17.0 Å².